The minimum Gasteiger partial charge on any atom is -0.462 e. The highest BCUT2D eigenvalue weighted by Crippen LogP contribution is 2.45. The van der Waals surface area contributed by atoms with Crippen molar-refractivity contribution in [1.29, 1.82) is 0 Å². The molecule has 0 saturated carbocycles. The molecule has 3 heterocycles. The second-order valence-electron chi connectivity index (χ2n) is 37.8. The number of aromatic nitrogens is 2. The van der Waals surface area contributed by atoms with E-state index in [9.17, 15) is 0 Å². The molecule has 1 aliphatic heterocycles. The first-order chi connectivity index (χ1) is 49.8. The Morgan fingerprint density at radius 1 is 0.435 bits per heavy atom. The van der Waals surface area contributed by atoms with E-state index in [1.807, 2.05) is 36.5 Å². The molecular weight excluding hydrogens is 1460 g/mol. The summed E-state index contributed by atoms with van der Waals surface area (Å²) in [6.07, 6.45) is 18.0. The summed E-state index contributed by atoms with van der Waals surface area (Å²) in [5.41, 5.74) is -0.229. The quantitative estimate of drug-likeness (QED) is 0.0636. The number of hydrogen-bond donors (Lipinski definition) is 0. The normalized spacial score (nSPS) is 24.5. The number of hydrogen-bond acceptors (Lipinski definition) is 18. The Hall–Kier alpha value is -2.78. The van der Waals surface area contributed by atoms with Crippen LogP contribution in [0.5, 0.6) is 0 Å². The number of carbonyl (C=O) groups is 2. The highest BCUT2D eigenvalue weighted by molar-refractivity contribution is 6.76. The monoisotopic (exact) mass is 1620 g/mol. The molecule has 624 valence electrons. The van der Waals surface area contributed by atoms with Gasteiger partial charge in [-0.2, -0.15) is 0 Å². The fourth-order valence-electron chi connectivity index (χ4n) is 12.8. The van der Waals surface area contributed by atoms with Crippen molar-refractivity contribution in [3.05, 3.63) is 84.3 Å². The largest absolute Gasteiger partial charge is 0.462 e. The van der Waals surface area contributed by atoms with Crippen molar-refractivity contribution < 1.29 is 73.4 Å². The number of oxazole rings is 2. The molecule has 4 bridgehead atoms. The highest BCUT2D eigenvalue weighted by Gasteiger charge is 2.50. The summed E-state index contributed by atoms with van der Waals surface area (Å²) in [5, 5.41) is -0.364. The van der Waals surface area contributed by atoms with E-state index in [2.05, 4.69) is 217 Å². The molecule has 10 atom stereocenters. The zero-order chi connectivity index (χ0) is 82.4. The van der Waals surface area contributed by atoms with Gasteiger partial charge in [0.25, 0.3) is 0 Å². The third-order valence-corrected chi connectivity index (χ3v) is 53.1. The van der Waals surface area contributed by atoms with E-state index in [0.29, 0.717) is 87.7 Å². The molecule has 0 N–H and O–H groups in total. The van der Waals surface area contributed by atoms with Gasteiger partial charge in [-0.3, -0.25) is 9.59 Å². The van der Waals surface area contributed by atoms with Gasteiger partial charge in [-0.1, -0.05) is 201 Å². The number of cyclic esters (lactones) is 2. The zero-order valence-electron chi connectivity index (χ0n) is 74.7. The maximum Gasteiger partial charge on any atom is 0.308 e. The second-order valence-corrected chi connectivity index (χ2v) is 66.4. The standard InChI is InChI=1S/C84H158N2O16Si6/c1-35-107(36-2,37-3)101-73-59-75-85-67(61-93-75)69(91-25)49-45-41-43-48-64(90-24)56-66(100-106(33,34)82(16,17)18)58-78(88)98-72(52-54-96-104(29,30)80(10,11)12)84(21,22)74(102-108(38-4,39-5)40-6)60-76-86-68(62-94-76)70(92-26)50-46-42-44-47-63(89-23)55-65(99-105(31,32)81(13,14)15)57-77(87)97-71(83(73,19)20)51-53-95-103(27,28)79(7,8)9/h41-48,61-66,69-74H,35-40,49-60H2,1-34H3/t63-,64-,65-,66-,69-,70-,71-,72-,73-,74-/m0/s1. The molecule has 3 rings (SSSR count). The maximum absolute atomic E-state index is 15.2. The Kier molecular flexibility index (Phi) is 39.3. The van der Waals surface area contributed by atoms with E-state index in [4.69, 9.17) is 73.8 Å². The van der Waals surface area contributed by atoms with Gasteiger partial charge in [-0.15, -0.1) is 0 Å². The average molecular weight is 1620 g/mol. The molecule has 0 saturated heterocycles. The SMILES string of the molecule is CC[Si](CC)(CC)O[C@H]1Cc2nc(co2)[C@@H](OC)CC=CC=C[C@H](OC)C[C@H](O[Si](C)(C)C(C)(C)C)CC(=O)O[C@@H](CCO[Si](C)(C)C(C)(C)C)C(C)(C)[C@@H](O[Si](CC)(CC)CC)Cc2nc(co2)[C@@H](OC)CC=CC=C[C@H](OC)C[C@H](O[Si](C)(C)C(C)(C)C)CC(=O)O[C@@H](CCO[Si](C)(C)C(C)(C)C)C1(C)C. The molecule has 0 aromatic carbocycles. The summed E-state index contributed by atoms with van der Waals surface area (Å²) < 4.78 is 94.9. The zero-order valence-corrected chi connectivity index (χ0v) is 80.7. The summed E-state index contributed by atoms with van der Waals surface area (Å²) in [5.74, 6) is 0.314. The van der Waals surface area contributed by atoms with Crippen LogP contribution in [0.1, 0.15) is 239 Å². The number of methoxy groups -OCH3 is 4. The third kappa shape index (κ3) is 29.5. The summed E-state index contributed by atoms with van der Waals surface area (Å²) in [7, 11) is -7.32. The van der Waals surface area contributed by atoms with Gasteiger partial charge in [0.2, 0.25) is 0 Å². The van der Waals surface area contributed by atoms with Gasteiger partial charge in [-0.25, -0.2) is 9.97 Å². The lowest BCUT2D eigenvalue weighted by Gasteiger charge is -2.45. The van der Waals surface area contributed by atoms with Crippen LogP contribution in [0.25, 0.3) is 0 Å². The first kappa shape index (κ1) is 99.4. The van der Waals surface area contributed by atoms with E-state index in [0.717, 1.165) is 36.3 Å². The fourth-order valence-corrected chi connectivity index (χ4v) is 23.6. The van der Waals surface area contributed by atoms with Crippen molar-refractivity contribution in [2.24, 2.45) is 10.8 Å². The summed E-state index contributed by atoms with van der Waals surface area (Å²) in [6, 6.07) is 5.49. The van der Waals surface area contributed by atoms with Crippen LogP contribution in [0.3, 0.4) is 0 Å². The van der Waals surface area contributed by atoms with Crippen LogP contribution in [0.15, 0.2) is 70.0 Å². The van der Waals surface area contributed by atoms with Gasteiger partial charge < -0.3 is 63.8 Å². The molecule has 2 aromatic rings. The molecule has 0 amide bonds. The summed E-state index contributed by atoms with van der Waals surface area (Å²) in [4.78, 5) is 40.7. The van der Waals surface area contributed by atoms with E-state index in [-0.39, 0.29) is 44.9 Å². The van der Waals surface area contributed by atoms with Crippen LogP contribution in [0.4, 0.5) is 0 Å². The molecule has 0 aliphatic carbocycles. The Balaban J connectivity index is 2.40. The first-order valence-corrected chi connectivity index (χ1v) is 57.5. The molecule has 18 nitrogen and oxygen atoms in total. The molecule has 0 unspecified atom stereocenters. The molecule has 0 fully saturated rings. The number of fused-ring (bicyclic) bond motifs is 4. The van der Waals surface area contributed by atoms with Gasteiger partial charge in [0, 0.05) is 91.0 Å². The van der Waals surface area contributed by atoms with E-state index in [1.54, 1.807) is 41.0 Å². The van der Waals surface area contributed by atoms with Gasteiger partial charge >= 0.3 is 11.9 Å². The summed E-state index contributed by atoms with van der Waals surface area (Å²) in [6.45, 7) is 67.5. The minimum absolute atomic E-state index is 0.0129. The average Bonchev–Trinajstić information content (AvgIpc) is 1.14. The summed E-state index contributed by atoms with van der Waals surface area (Å²) >= 11 is 0. The van der Waals surface area contributed by atoms with Crippen LogP contribution in [0, 0.1) is 10.8 Å². The first-order valence-electron chi connectivity index (χ1n) is 40.9. The number of allylic oxidation sites excluding steroid dienone is 4. The molecule has 1 aliphatic rings. The number of esters is 2. The lowest BCUT2D eigenvalue weighted by Crippen LogP contribution is -2.52. The molecule has 2 aromatic heterocycles. The van der Waals surface area contributed by atoms with Crippen LogP contribution >= 0.6 is 0 Å². The van der Waals surface area contributed by atoms with Crippen LogP contribution in [0.2, 0.25) is 109 Å². The number of rotatable bonds is 26. The van der Waals surface area contributed by atoms with Crippen molar-refractivity contribution in [3.63, 3.8) is 0 Å². The molecular formula is C84H158N2O16Si6. The van der Waals surface area contributed by atoms with Crippen molar-refractivity contribution in [1.82, 2.24) is 9.97 Å². The van der Waals surface area contributed by atoms with Gasteiger partial charge in [-0.05, 0) is 122 Å². The molecule has 108 heavy (non-hydrogen) atoms. The van der Waals surface area contributed by atoms with Crippen molar-refractivity contribution >= 4 is 61.8 Å². The number of nitrogens with zero attached hydrogens (tertiary/aromatic N) is 2. The van der Waals surface area contributed by atoms with Crippen LogP contribution in [-0.4, -0.2) is 162 Å². The molecule has 0 spiro atoms. The maximum atomic E-state index is 15.2. The van der Waals surface area contributed by atoms with Crippen molar-refractivity contribution in [2.45, 2.75) is 386 Å². The van der Waals surface area contributed by atoms with Gasteiger partial charge in [0.15, 0.2) is 61.7 Å². The van der Waals surface area contributed by atoms with Crippen molar-refractivity contribution in [3.8, 4) is 0 Å². The third-order valence-electron chi connectivity index (χ3n) is 25.7. The Bertz CT molecular complexity index is 2860. The predicted molar refractivity (Wildman–Crippen MR) is 457 cm³/mol. The topological polar surface area (TPSA) is 197 Å². The van der Waals surface area contributed by atoms with E-state index in [1.165, 1.54) is 0 Å². The van der Waals surface area contributed by atoms with Crippen LogP contribution in [-0.2, 0) is 77.4 Å². The number of carbonyl (C=O) groups excluding carboxylic acids is 2. The number of ether oxygens (including phenoxy) is 6. The van der Waals surface area contributed by atoms with Crippen molar-refractivity contribution in [2.75, 3.05) is 41.7 Å². The van der Waals surface area contributed by atoms with E-state index >= 15 is 9.59 Å². The van der Waals surface area contributed by atoms with Crippen LogP contribution < -0.4 is 0 Å². The lowest BCUT2D eigenvalue weighted by atomic mass is 9.78. The Morgan fingerprint density at radius 2 is 0.741 bits per heavy atom. The van der Waals surface area contributed by atoms with Gasteiger partial charge in [0.05, 0.1) is 49.5 Å². The Morgan fingerprint density at radius 3 is 1.01 bits per heavy atom. The Labute approximate surface area is 664 Å². The second kappa shape index (κ2) is 42.7. The smallest absolute Gasteiger partial charge is 0.308 e. The molecule has 24 heteroatoms. The highest BCUT2D eigenvalue weighted by atomic mass is 28.4. The minimum atomic E-state index is -2.47. The predicted octanol–water partition coefficient (Wildman–Crippen LogP) is 22.7. The molecule has 0 radical (unpaired) electrons. The van der Waals surface area contributed by atoms with Gasteiger partial charge in [0.1, 0.15) is 48.3 Å². The van der Waals surface area contributed by atoms with E-state index < -0.39 is 122 Å². The fraction of sp³-hybridized carbons (Fsp3) is 0.810. The lowest BCUT2D eigenvalue weighted by molar-refractivity contribution is -0.164.